The Balaban J connectivity index is 2.58. The highest BCUT2D eigenvalue weighted by Gasteiger charge is 2.31. The van der Waals surface area contributed by atoms with Gasteiger partial charge in [-0.15, -0.1) is 0 Å². The van der Waals surface area contributed by atoms with E-state index < -0.39 is 6.10 Å². The lowest BCUT2D eigenvalue weighted by Crippen LogP contribution is -2.52. The van der Waals surface area contributed by atoms with E-state index in [9.17, 15) is 9.59 Å². The minimum absolute atomic E-state index is 0.0643. The molecule has 1 aliphatic heterocycles. The minimum Gasteiger partial charge on any atom is -0.392 e. The van der Waals surface area contributed by atoms with Crippen LogP contribution in [0.25, 0.3) is 0 Å². The van der Waals surface area contributed by atoms with Crippen molar-refractivity contribution in [3.8, 4) is 0 Å². The van der Waals surface area contributed by atoms with Crippen molar-refractivity contribution in [2.45, 2.75) is 58.1 Å². The number of aliphatic hydroxyl groups excluding tert-OH is 1. The number of likely N-dealkylation sites (tertiary alicyclic amines) is 1. The Labute approximate surface area is 109 Å². The van der Waals surface area contributed by atoms with Crippen LogP contribution in [0.15, 0.2) is 0 Å². The molecule has 1 aliphatic rings. The van der Waals surface area contributed by atoms with Gasteiger partial charge in [0.25, 0.3) is 0 Å². The van der Waals surface area contributed by atoms with Gasteiger partial charge in [0.2, 0.25) is 11.8 Å². The smallest absolute Gasteiger partial charge is 0.242 e. The number of carbonyl (C=O) groups is 2. The first-order chi connectivity index (χ1) is 8.56. The summed E-state index contributed by atoms with van der Waals surface area (Å²) in [5.41, 5.74) is 0. The van der Waals surface area contributed by atoms with Crippen LogP contribution in [0.3, 0.4) is 0 Å². The topological polar surface area (TPSA) is 69.6 Å². The Kier molecular flexibility index (Phi) is 6.12. The summed E-state index contributed by atoms with van der Waals surface area (Å²) in [5.74, 6) is -0.0746. The van der Waals surface area contributed by atoms with E-state index in [-0.39, 0.29) is 24.4 Å². The largest absolute Gasteiger partial charge is 0.392 e. The molecule has 2 unspecified atom stereocenters. The van der Waals surface area contributed by atoms with E-state index in [1.165, 1.54) is 0 Å². The number of hydrogen-bond donors (Lipinski definition) is 2. The number of carbonyl (C=O) groups excluding carboxylic acids is 2. The molecule has 0 saturated carbocycles. The van der Waals surface area contributed by atoms with Crippen LogP contribution in [0, 0.1) is 0 Å². The Morgan fingerprint density at radius 3 is 2.78 bits per heavy atom. The van der Waals surface area contributed by atoms with Crippen LogP contribution in [0.1, 0.15) is 46.0 Å². The van der Waals surface area contributed by atoms with E-state index in [0.717, 1.165) is 25.7 Å². The van der Waals surface area contributed by atoms with Crippen molar-refractivity contribution >= 4 is 11.8 Å². The Bertz CT molecular complexity index is 292. The number of aliphatic hydroxyl groups is 1. The van der Waals surface area contributed by atoms with Crippen LogP contribution < -0.4 is 5.32 Å². The predicted octanol–water partition coefficient (Wildman–Crippen LogP) is 0.665. The summed E-state index contributed by atoms with van der Waals surface area (Å²) in [4.78, 5) is 25.7. The first-order valence-corrected chi connectivity index (χ1v) is 6.81. The zero-order valence-electron chi connectivity index (χ0n) is 11.3. The highest BCUT2D eigenvalue weighted by atomic mass is 16.3. The molecule has 2 N–H and O–H groups in total. The van der Waals surface area contributed by atoms with Gasteiger partial charge in [0.1, 0.15) is 6.04 Å². The van der Waals surface area contributed by atoms with Crippen LogP contribution in [-0.4, -0.2) is 47.1 Å². The number of rotatable bonds is 5. The molecular weight excluding hydrogens is 232 g/mol. The summed E-state index contributed by atoms with van der Waals surface area (Å²) in [7, 11) is 0. The van der Waals surface area contributed by atoms with Crippen LogP contribution in [0.2, 0.25) is 0 Å². The standard InChI is InChI=1S/C13H24N2O3/c1-3-6-12(17)15-8-5-4-7-11(15)13(18)14-9-10(2)16/h10-11,16H,3-9H2,1-2H3,(H,14,18). The molecule has 5 heteroatoms. The van der Waals surface area contributed by atoms with Crippen LogP contribution in [0.5, 0.6) is 0 Å². The molecule has 0 aliphatic carbocycles. The predicted molar refractivity (Wildman–Crippen MR) is 69.0 cm³/mol. The van der Waals surface area contributed by atoms with E-state index >= 15 is 0 Å². The Morgan fingerprint density at radius 1 is 1.44 bits per heavy atom. The quantitative estimate of drug-likeness (QED) is 0.759. The fourth-order valence-electron chi connectivity index (χ4n) is 2.23. The molecule has 5 nitrogen and oxygen atoms in total. The number of hydrogen-bond acceptors (Lipinski definition) is 3. The summed E-state index contributed by atoms with van der Waals surface area (Å²) in [6.45, 7) is 4.50. The van der Waals surface area contributed by atoms with Crippen molar-refractivity contribution in [1.29, 1.82) is 0 Å². The first kappa shape index (κ1) is 15.0. The molecule has 0 aromatic carbocycles. The Hall–Kier alpha value is -1.10. The summed E-state index contributed by atoms with van der Waals surface area (Å²) in [6, 6.07) is -0.350. The molecule has 0 bridgehead atoms. The van der Waals surface area contributed by atoms with Crippen molar-refractivity contribution < 1.29 is 14.7 Å². The molecule has 0 spiro atoms. The van der Waals surface area contributed by atoms with E-state index in [1.54, 1.807) is 11.8 Å². The van der Waals surface area contributed by atoms with Gasteiger partial charge in [-0.05, 0) is 32.6 Å². The van der Waals surface area contributed by atoms with Crippen LogP contribution in [0.4, 0.5) is 0 Å². The zero-order valence-corrected chi connectivity index (χ0v) is 11.3. The molecule has 1 heterocycles. The fraction of sp³-hybridized carbons (Fsp3) is 0.846. The summed E-state index contributed by atoms with van der Waals surface area (Å²) >= 11 is 0. The maximum Gasteiger partial charge on any atom is 0.242 e. The lowest BCUT2D eigenvalue weighted by Gasteiger charge is -2.34. The van der Waals surface area contributed by atoms with E-state index in [1.807, 2.05) is 6.92 Å². The first-order valence-electron chi connectivity index (χ1n) is 6.81. The summed E-state index contributed by atoms with van der Waals surface area (Å²) in [6.07, 6.45) is 3.41. The number of piperidine rings is 1. The highest BCUT2D eigenvalue weighted by molar-refractivity contribution is 5.87. The zero-order chi connectivity index (χ0) is 13.5. The fourth-order valence-corrected chi connectivity index (χ4v) is 2.23. The van der Waals surface area contributed by atoms with Crippen LogP contribution in [-0.2, 0) is 9.59 Å². The average molecular weight is 256 g/mol. The molecule has 2 amide bonds. The summed E-state index contributed by atoms with van der Waals surface area (Å²) in [5, 5.41) is 11.9. The van der Waals surface area contributed by atoms with Gasteiger partial charge in [-0.3, -0.25) is 9.59 Å². The van der Waals surface area contributed by atoms with Gasteiger partial charge in [-0.25, -0.2) is 0 Å². The molecule has 0 aromatic rings. The van der Waals surface area contributed by atoms with Crippen molar-refractivity contribution in [3.63, 3.8) is 0 Å². The molecule has 1 fully saturated rings. The van der Waals surface area contributed by atoms with Gasteiger partial charge in [-0.2, -0.15) is 0 Å². The van der Waals surface area contributed by atoms with Gasteiger partial charge in [0.05, 0.1) is 6.10 Å². The van der Waals surface area contributed by atoms with Gasteiger partial charge in [-0.1, -0.05) is 6.92 Å². The van der Waals surface area contributed by atoms with Crippen molar-refractivity contribution in [2.24, 2.45) is 0 Å². The molecule has 0 radical (unpaired) electrons. The second-order valence-electron chi connectivity index (χ2n) is 4.94. The van der Waals surface area contributed by atoms with E-state index in [4.69, 9.17) is 5.11 Å². The third-order valence-corrected chi connectivity index (χ3v) is 3.16. The van der Waals surface area contributed by atoms with Crippen molar-refractivity contribution in [3.05, 3.63) is 0 Å². The van der Waals surface area contributed by atoms with E-state index in [2.05, 4.69) is 5.32 Å². The molecule has 2 atom stereocenters. The summed E-state index contributed by atoms with van der Waals surface area (Å²) < 4.78 is 0. The normalized spacial score (nSPS) is 21.5. The molecular formula is C13H24N2O3. The second kappa shape index (κ2) is 7.36. The second-order valence-corrected chi connectivity index (χ2v) is 4.94. The number of amides is 2. The number of nitrogens with one attached hydrogen (secondary N) is 1. The lowest BCUT2D eigenvalue weighted by molar-refractivity contribution is -0.142. The molecule has 104 valence electrons. The monoisotopic (exact) mass is 256 g/mol. The Morgan fingerprint density at radius 2 is 2.17 bits per heavy atom. The van der Waals surface area contributed by atoms with Gasteiger partial charge in [0, 0.05) is 19.5 Å². The van der Waals surface area contributed by atoms with Crippen molar-refractivity contribution in [2.75, 3.05) is 13.1 Å². The maximum atomic E-state index is 12.0. The third-order valence-electron chi connectivity index (χ3n) is 3.16. The lowest BCUT2D eigenvalue weighted by atomic mass is 10.0. The SMILES string of the molecule is CCCC(=O)N1CCCCC1C(=O)NCC(C)O. The van der Waals surface area contributed by atoms with Crippen LogP contribution >= 0.6 is 0 Å². The van der Waals surface area contributed by atoms with E-state index in [0.29, 0.717) is 13.0 Å². The molecule has 0 aromatic heterocycles. The van der Waals surface area contributed by atoms with Gasteiger partial charge >= 0.3 is 0 Å². The number of nitrogens with zero attached hydrogens (tertiary/aromatic N) is 1. The maximum absolute atomic E-state index is 12.0. The van der Waals surface area contributed by atoms with Gasteiger partial charge in [0.15, 0.2) is 0 Å². The molecule has 1 saturated heterocycles. The molecule has 1 rings (SSSR count). The average Bonchev–Trinajstić information content (AvgIpc) is 2.36. The van der Waals surface area contributed by atoms with Gasteiger partial charge < -0.3 is 15.3 Å². The minimum atomic E-state index is -0.558. The molecule has 18 heavy (non-hydrogen) atoms. The van der Waals surface area contributed by atoms with Crippen molar-refractivity contribution in [1.82, 2.24) is 10.2 Å². The third kappa shape index (κ3) is 4.29. The highest BCUT2D eigenvalue weighted by Crippen LogP contribution is 2.18.